The molecule has 0 radical (unpaired) electrons. The number of hydrogen-bond donors (Lipinski definition) is 0. The summed E-state index contributed by atoms with van der Waals surface area (Å²) in [7, 11) is 0. The van der Waals surface area contributed by atoms with E-state index in [1.807, 2.05) is 0 Å². The molecule has 2 aromatic heterocycles. The molecule has 1 aromatic carbocycles. The maximum Gasteiger partial charge on any atom is 0.262 e. The van der Waals surface area contributed by atoms with Gasteiger partial charge in [0.25, 0.3) is 5.56 Å². The minimum atomic E-state index is -0.0288. The van der Waals surface area contributed by atoms with Crippen LogP contribution in [0.2, 0.25) is 0 Å². The number of ketones is 1. The monoisotopic (exact) mass is 410 g/mol. The Morgan fingerprint density at radius 1 is 1.17 bits per heavy atom. The standard InChI is InChI=1S/C24H30N2O2S/c1-7-8-19-25-22-21(23(28)26(19)14-13-15(2)27)20(16(3)29-22)17-9-11-18(12-10-17)24(4,5)6/h9-12H,7-8,13-14H2,1-6H3. The molecule has 154 valence electrons. The topological polar surface area (TPSA) is 52.0 Å². The molecule has 2 heterocycles. The van der Waals surface area contributed by atoms with Gasteiger partial charge in [-0.3, -0.25) is 14.2 Å². The fraction of sp³-hybridized carbons (Fsp3) is 0.458. The van der Waals surface area contributed by atoms with Crippen LogP contribution in [0.15, 0.2) is 29.1 Å². The van der Waals surface area contributed by atoms with E-state index in [-0.39, 0.29) is 16.8 Å². The van der Waals surface area contributed by atoms with Crippen molar-refractivity contribution in [2.24, 2.45) is 0 Å². The van der Waals surface area contributed by atoms with Crippen molar-refractivity contribution < 1.29 is 4.79 Å². The Hall–Kier alpha value is -2.27. The number of rotatable bonds is 6. The number of thiophene rings is 1. The molecule has 0 aliphatic heterocycles. The number of benzene rings is 1. The van der Waals surface area contributed by atoms with Crippen LogP contribution in [0, 0.1) is 6.92 Å². The van der Waals surface area contributed by atoms with Crippen LogP contribution >= 0.6 is 11.3 Å². The van der Waals surface area contributed by atoms with E-state index >= 15 is 0 Å². The van der Waals surface area contributed by atoms with Crippen molar-refractivity contribution in [1.29, 1.82) is 0 Å². The van der Waals surface area contributed by atoms with Gasteiger partial charge in [0.05, 0.1) is 5.39 Å². The van der Waals surface area contributed by atoms with Gasteiger partial charge >= 0.3 is 0 Å². The number of carbonyl (C=O) groups excluding carboxylic acids is 1. The van der Waals surface area contributed by atoms with Gasteiger partial charge in [-0.2, -0.15) is 0 Å². The molecule has 0 bridgehead atoms. The molecule has 0 N–H and O–H groups in total. The highest BCUT2D eigenvalue weighted by Gasteiger charge is 2.20. The second-order valence-corrected chi connectivity index (χ2v) is 9.93. The summed E-state index contributed by atoms with van der Waals surface area (Å²) in [5, 5.41) is 0.680. The average Bonchev–Trinajstić information content (AvgIpc) is 2.97. The Labute approximate surface area is 176 Å². The molecule has 0 saturated heterocycles. The molecule has 4 nitrogen and oxygen atoms in total. The minimum Gasteiger partial charge on any atom is -0.300 e. The minimum absolute atomic E-state index is 0.0288. The zero-order chi connectivity index (χ0) is 21.3. The summed E-state index contributed by atoms with van der Waals surface area (Å²) in [6, 6.07) is 8.50. The van der Waals surface area contributed by atoms with Gasteiger partial charge in [0, 0.05) is 29.8 Å². The summed E-state index contributed by atoms with van der Waals surface area (Å²) in [6.07, 6.45) is 1.99. The SMILES string of the molecule is CCCc1nc2sc(C)c(-c3ccc(C(C)(C)C)cc3)c2c(=O)n1CCC(C)=O. The number of carbonyl (C=O) groups is 1. The van der Waals surface area contributed by atoms with Crippen LogP contribution in [0.5, 0.6) is 0 Å². The lowest BCUT2D eigenvalue weighted by Crippen LogP contribution is -2.26. The van der Waals surface area contributed by atoms with E-state index in [0.717, 1.165) is 39.5 Å². The third-order valence-electron chi connectivity index (χ3n) is 5.27. The Bertz CT molecular complexity index is 1100. The summed E-state index contributed by atoms with van der Waals surface area (Å²) in [5.74, 6) is 0.862. The molecular weight excluding hydrogens is 380 g/mol. The normalized spacial score (nSPS) is 11.9. The smallest absolute Gasteiger partial charge is 0.262 e. The van der Waals surface area contributed by atoms with E-state index in [2.05, 4.69) is 58.9 Å². The second kappa shape index (κ2) is 8.23. The first-order chi connectivity index (χ1) is 13.6. The van der Waals surface area contributed by atoms with Crippen molar-refractivity contribution in [3.05, 3.63) is 50.9 Å². The van der Waals surface area contributed by atoms with E-state index in [1.54, 1.807) is 22.8 Å². The first-order valence-electron chi connectivity index (χ1n) is 10.3. The Morgan fingerprint density at radius 2 is 1.83 bits per heavy atom. The van der Waals surface area contributed by atoms with Crippen molar-refractivity contribution in [3.8, 4) is 11.1 Å². The van der Waals surface area contributed by atoms with Crippen LogP contribution in [0.25, 0.3) is 21.3 Å². The summed E-state index contributed by atoms with van der Waals surface area (Å²) in [4.78, 5) is 31.8. The zero-order valence-electron chi connectivity index (χ0n) is 18.3. The van der Waals surface area contributed by atoms with Crippen molar-refractivity contribution in [1.82, 2.24) is 9.55 Å². The largest absolute Gasteiger partial charge is 0.300 e. The Balaban J connectivity index is 2.20. The van der Waals surface area contributed by atoms with Gasteiger partial charge in [-0.1, -0.05) is 52.0 Å². The number of aromatic nitrogens is 2. The van der Waals surface area contributed by atoms with Crippen LogP contribution in [0.3, 0.4) is 0 Å². The molecular formula is C24H30N2O2S. The summed E-state index contributed by atoms with van der Waals surface area (Å²) in [6.45, 7) is 12.7. The summed E-state index contributed by atoms with van der Waals surface area (Å²) >= 11 is 1.58. The molecule has 0 amide bonds. The molecule has 0 unspecified atom stereocenters. The zero-order valence-corrected chi connectivity index (χ0v) is 19.1. The maximum atomic E-state index is 13.5. The molecule has 0 atom stereocenters. The van der Waals surface area contributed by atoms with Crippen LogP contribution in [0.1, 0.15) is 63.7 Å². The molecule has 0 aliphatic carbocycles. The van der Waals surface area contributed by atoms with Crippen molar-refractivity contribution in [2.75, 3.05) is 0 Å². The molecule has 0 aliphatic rings. The maximum absolute atomic E-state index is 13.5. The second-order valence-electron chi connectivity index (χ2n) is 8.73. The number of fused-ring (bicyclic) bond motifs is 1. The Kier molecular flexibility index (Phi) is 6.08. The average molecular weight is 411 g/mol. The first-order valence-corrected chi connectivity index (χ1v) is 11.1. The van der Waals surface area contributed by atoms with Gasteiger partial charge in [0.1, 0.15) is 16.4 Å². The number of nitrogens with zero attached hydrogens (tertiary/aromatic N) is 2. The molecule has 5 heteroatoms. The van der Waals surface area contributed by atoms with Crippen molar-refractivity contribution >= 4 is 27.3 Å². The van der Waals surface area contributed by atoms with Crippen molar-refractivity contribution in [3.63, 3.8) is 0 Å². The lowest BCUT2D eigenvalue weighted by Gasteiger charge is -2.19. The lowest BCUT2D eigenvalue weighted by atomic mass is 9.86. The molecule has 0 spiro atoms. The van der Waals surface area contributed by atoms with E-state index in [0.29, 0.717) is 18.4 Å². The molecule has 29 heavy (non-hydrogen) atoms. The van der Waals surface area contributed by atoms with Gasteiger partial charge in [-0.25, -0.2) is 4.98 Å². The van der Waals surface area contributed by atoms with Gasteiger partial charge in [0.2, 0.25) is 0 Å². The van der Waals surface area contributed by atoms with Crippen LogP contribution in [-0.2, 0) is 23.2 Å². The van der Waals surface area contributed by atoms with Gasteiger partial charge in [-0.15, -0.1) is 11.3 Å². The fourth-order valence-corrected chi connectivity index (χ4v) is 4.69. The third kappa shape index (κ3) is 4.35. The van der Waals surface area contributed by atoms with Crippen molar-refractivity contribution in [2.45, 2.75) is 72.8 Å². The van der Waals surface area contributed by atoms with Crippen LogP contribution in [-0.4, -0.2) is 15.3 Å². The van der Waals surface area contributed by atoms with Gasteiger partial charge < -0.3 is 0 Å². The van der Waals surface area contributed by atoms with Crippen LogP contribution in [0.4, 0.5) is 0 Å². The number of aryl methyl sites for hydroxylation is 2. The Morgan fingerprint density at radius 3 is 2.38 bits per heavy atom. The fourth-order valence-electron chi connectivity index (χ4n) is 3.64. The highest BCUT2D eigenvalue weighted by molar-refractivity contribution is 7.19. The van der Waals surface area contributed by atoms with Gasteiger partial charge in [-0.05, 0) is 36.8 Å². The molecule has 0 fully saturated rings. The lowest BCUT2D eigenvalue weighted by molar-refractivity contribution is -0.117. The van der Waals surface area contributed by atoms with Gasteiger partial charge in [0.15, 0.2) is 0 Å². The predicted octanol–water partition coefficient (Wildman–Crippen LogP) is 5.66. The number of hydrogen-bond acceptors (Lipinski definition) is 4. The first kappa shape index (κ1) is 21.4. The summed E-state index contributed by atoms with van der Waals surface area (Å²) < 4.78 is 1.71. The van der Waals surface area contributed by atoms with E-state index < -0.39 is 0 Å². The molecule has 0 saturated carbocycles. The quantitative estimate of drug-likeness (QED) is 0.527. The highest BCUT2D eigenvalue weighted by atomic mass is 32.1. The van der Waals surface area contributed by atoms with E-state index in [1.165, 1.54) is 5.56 Å². The molecule has 3 rings (SSSR count). The van der Waals surface area contributed by atoms with E-state index in [4.69, 9.17) is 4.98 Å². The predicted molar refractivity (Wildman–Crippen MR) is 122 cm³/mol. The van der Waals surface area contributed by atoms with Crippen LogP contribution < -0.4 is 5.56 Å². The molecule has 3 aromatic rings. The number of Topliss-reactive ketones (excluding diaryl/α,β-unsaturated/α-hetero) is 1. The van der Waals surface area contributed by atoms with E-state index in [9.17, 15) is 9.59 Å². The third-order valence-corrected chi connectivity index (χ3v) is 6.27. The highest BCUT2D eigenvalue weighted by Crippen LogP contribution is 2.36. The summed E-state index contributed by atoms with van der Waals surface area (Å²) in [5.41, 5.74) is 3.34.